The lowest BCUT2D eigenvalue weighted by atomic mass is 10.2. The third-order valence-electron chi connectivity index (χ3n) is 2.67. The van der Waals surface area contributed by atoms with Gasteiger partial charge in [-0.25, -0.2) is 8.42 Å². The molecule has 0 aromatic rings. The van der Waals surface area contributed by atoms with Gasteiger partial charge in [0.05, 0.1) is 12.3 Å². The van der Waals surface area contributed by atoms with E-state index in [9.17, 15) is 8.42 Å². The molecule has 0 atom stereocenters. The predicted molar refractivity (Wildman–Crippen MR) is 81.7 cm³/mol. The topological polar surface area (TPSA) is 75.8 Å². The van der Waals surface area contributed by atoms with Crippen LogP contribution in [-0.4, -0.2) is 50.9 Å². The van der Waals surface area contributed by atoms with Crippen molar-refractivity contribution < 1.29 is 8.42 Å². The van der Waals surface area contributed by atoms with E-state index in [0.29, 0.717) is 5.96 Å². The van der Waals surface area contributed by atoms with Crippen LogP contribution in [-0.2, 0) is 9.84 Å². The maximum atomic E-state index is 10.9. The lowest BCUT2D eigenvalue weighted by Crippen LogP contribution is -2.38. The molecular weight excluding hydrogens is 353 g/mol. The SMILES string of the molecule is CS(=O)(=O)CCN=C(N)N1CCCCCC1.I. The molecule has 0 aromatic heterocycles. The third-order valence-corrected chi connectivity index (χ3v) is 3.59. The highest BCUT2D eigenvalue weighted by atomic mass is 127. The van der Waals surface area contributed by atoms with E-state index in [0.717, 1.165) is 25.9 Å². The summed E-state index contributed by atoms with van der Waals surface area (Å²) in [6.07, 6.45) is 5.98. The van der Waals surface area contributed by atoms with E-state index >= 15 is 0 Å². The van der Waals surface area contributed by atoms with Crippen LogP contribution in [0.5, 0.6) is 0 Å². The number of guanidine groups is 1. The molecule has 0 saturated carbocycles. The molecule has 1 rings (SSSR count). The normalized spacial score (nSPS) is 18.4. The Bertz CT molecular complexity index is 335. The Morgan fingerprint density at radius 3 is 2.24 bits per heavy atom. The van der Waals surface area contributed by atoms with Crippen LogP contribution < -0.4 is 5.73 Å². The Kier molecular flexibility index (Phi) is 8.10. The Hall–Kier alpha value is -0.0500. The summed E-state index contributed by atoms with van der Waals surface area (Å²) < 4.78 is 21.8. The number of aliphatic imine (C=N–C) groups is 1. The van der Waals surface area contributed by atoms with Gasteiger partial charge in [-0.3, -0.25) is 4.99 Å². The Balaban J connectivity index is 0.00000256. The second-order valence-electron chi connectivity index (χ2n) is 4.27. The van der Waals surface area contributed by atoms with Crippen molar-refractivity contribution in [3.05, 3.63) is 0 Å². The zero-order valence-electron chi connectivity index (χ0n) is 10.3. The number of likely N-dealkylation sites (tertiary alicyclic amines) is 1. The van der Waals surface area contributed by atoms with Crippen molar-refractivity contribution in [2.75, 3.05) is 31.6 Å². The largest absolute Gasteiger partial charge is 0.370 e. The zero-order chi connectivity index (χ0) is 12.0. The summed E-state index contributed by atoms with van der Waals surface area (Å²) in [5.74, 6) is 0.562. The standard InChI is InChI=1S/C10H21N3O2S.HI/c1-16(14,15)9-6-12-10(11)13-7-4-2-3-5-8-13;/h2-9H2,1H3,(H2,11,12);1H. The number of hydrogen-bond donors (Lipinski definition) is 1. The molecule has 17 heavy (non-hydrogen) atoms. The van der Waals surface area contributed by atoms with Crippen LogP contribution in [0.2, 0.25) is 0 Å². The second kappa shape index (κ2) is 8.12. The molecule has 102 valence electrons. The quantitative estimate of drug-likeness (QED) is 0.451. The van der Waals surface area contributed by atoms with Crippen LogP contribution in [0.25, 0.3) is 0 Å². The average Bonchev–Trinajstić information content (AvgIpc) is 2.43. The van der Waals surface area contributed by atoms with E-state index in [-0.39, 0.29) is 36.3 Å². The number of rotatable bonds is 3. The first-order valence-electron chi connectivity index (χ1n) is 5.71. The fourth-order valence-corrected chi connectivity index (χ4v) is 2.15. The van der Waals surface area contributed by atoms with Crippen LogP contribution in [0, 0.1) is 0 Å². The number of hydrogen-bond acceptors (Lipinski definition) is 3. The van der Waals surface area contributed by atoms with E-state index in [1.807, 2.05) is 0 Å². The molecule has 0 radical (unpaired) electrons. The van der Waals surface area contributed by atoms with Gasteiger partial charge in [-0.1, -0.05) is 12.8 Å². The van der Waals surface area contributed by atoms with Gasteiger partial charge in [0.15, 0.2) is 5.96 Å². The molecule has 1 heterocycles. The summed E-state index contributed by atoms with van der Waals surface area (Å²) in [7, 11) is -2.94. The maximum absolute atomic E-state index is 10.9. The van der Waals surface area contributed by atoms with Gasteiger partial charge in [0.25, 0.3) is 0 Å². The van der Waals surface area contributed by atoms with Crippen LogP contribution >= 0.6 is 24.0 Å². The van der Waals surface area contributed by atoms with Crippen LogP contribution in [0.3, 0.4) is 0 Å². The van der Waals surface area contributed by atoms with Crippen molar-refractivity contribution in [3.63, 3.8) is 0 Å². The molecule has 1 saturated heterocycles. The number of halogens is 1. The molecule has 5 nitrogen and oxygen atoms in total. The predicted octanol–water partition coefficient (Wildman–Crippen LogP) is 0.840. The molecule has 0 aromatic carbocycles. The van der Waals surface area contributed by atoms with Gasteiger partial charge < -0.3 is 10.6 Å². The summed E-state index contributed by atoms with van der Waals surface area (Å²) in [5.41, 5.74) is 5.83. The van der Waals surface area contributed by atoms with Gasteiger partial charge in [0.1, 0.15) is 9.84 Å². The summed E-state index contributed by atoms with van der Waals surface area (Å²) in [6.45, 7) is 2.14. The van der Waals surface area contributed by atoms with Gasteiger partial charge in [-0.05, 0) is 12.8 Å². The Morgan fingerprint density at radius 1 is 1.24 bits per heavy atom. The summed E-state index contributed by atoms with van der Waals surface area (Å²) >= 11 is 0. The summed E-state index contributed by atoms with van der Waals surface area (Å²) in [6, 6.07) is 0. The molecular formula is C10H22IN3O2S. The van der Waals surface area contributed by atoms with E-state index in [2.05, 4.69) is 9.89 Å². The lowest BCUT2D eigenvalue weighted by Gasteiger charge is -2.20. The first kappa shape index (κ1) is 16.9. The molecule has 0 spiro atoms. The monoisotopic (exact) mass is 375 g/mol. The molecule has 7 heteroatoms. The third kappa shape index (κ3) is 7.80. The Labute approximate surface area is 121 Å². The maximum Gasteiger partial charge on any atom is 0.191 e. The molecule has 1 fully saturated rings. The van der Waals surface area contributed by atoms with Gasteiger partial charge in [-0.2, -0.15) is 0 Å². The van der Waals surface area contributed by atoms with Crippen LogP contribution in [0.4, 0.5) is 0 Å². The van der Waals surface area contributed by atoms with Gasteiger partial charge in [0, 0.05) is 19.3 Å². The fourth-order valence-electron chi connectivity index (χ4n) is 1.73. The average molecular weight is 375 g/mol. The minimum atomic E-state index is -2.94. The van der Waals surface area contributed by atoms with Crippen molar-refractivity contribution >= 4 is 39.8 Å². The molecule has 0 unspecified atom stereocenters. The molecule has 0 amide bonds. The number of nitrogens with zero attached hydrogens (tertiary/aromatic N) is 2. The number of sulfone groups is 1. The van der Waals surface area contributed by atoms with Crippen molar-refractivity contribution in [2.45, 2.75) is 25.7 Å². The Morgan fingerprint density at radius 2 is 1.76 bits per heavy atom. The van der Waals surface area contributed by atoms with E-state index in [1.165, 1.54) is 19.1 Å². The second-order valence-corrected chi connectivity index (χ2v) is 6.53. The van der Waals surface area contributed by atoms with Crippen LogP contribution in [0.15, 0.2) is 4.99 Å². The highest BCUT2D eigenvalue weighted by Gasteiger charge is 2.10. The first-order chi connectivity index (χ1) is 7.49. The molecule has 0 bridgehead atoms. The zero-order valence-corrected chi connectivity index (χ0v) is 13.4. The van der Waals surface area contributed by atoms with Gasteiger partial charge >= 0.3 is 0 Å². The lowest BCUT2D eigenvalue weighted by molar-refractivity contribution is 0.429. The van der Waals surface area contributed by atoms with E-state index in [1.54, 1.807) is 0 Å². The van der Waals surface area contributed by atoms with Crippen molar-refractivity contribution in [1.82, 2.24) is 4.90 Å². The summed E-state index contributed by atoms with van der Waals surface area (Å²) in [4.78, 5) is 6.17. The van der Waals surface area contributed by atoms with Gasteiger partial charge in [0.2, 0.25) is 0 Å². The highest BCUT2D eigenvalue weighted by Crippen LogP contribution is 2.08. The smallest absolute Gasteiger partial charge is 0.191 e. The van der Waals surface area contributed by atoms with Crippen molar-refractivity contribution in [1.29, 1.82) is 0 Å². The molecule has 1 aliphatic rings. The van der Waals surface area contributed by atoms with E-state index in [4.69, 9.17) is 5.73 Å². The van der Waals surface area contributed by atoms with Crippen LogP contribution in [0.1, 0.15) is 25.7 Å². The fraction of sp³-hybridized carbons (Fsp3) is 0.900. The minimum absolute atomic E-state index is 0. The van der Waals surface area contributed by atoms with Crippen molar-refractivity contribution in [2.24, 2.45) is 10.7 Å². The molecule has 2 N–H and O–H groups in total. The molecule has 0 aliphatic carbocycles. The minimum Gasteiger partial charge on any atom is -0.370 e. The first-order valence-corrected chi connectivity index (χ1v) is 7.78. The van der Waals surface area contributed by atoms with E-state index < -0.39 is 9.84 Å². The van der Waals surface area contributed by atoms with Crippen molar-refractivity contribution in [3.8, 4) is 0 Å². The summed E-state index contributed by atoms with van der Waals surface area (Å²) in [5, 5.41) is 0. The van der Waals surface area contributed by atoms with Gasteiger partial charge in [-0.15, -0.1) is 24.0 Å². The number of nitrogens with two attached hydrogens (primary N) is 1. The highest BCUT2D eigenvalue weighted by molar-refractivity contribution is 14.0. The molecule has 1 aliphatic heterocycles.